The van der Waals surface area contributed by atoms with Crippen molar-refractivity contribution in [1.29, 1.82) is 0 Å². The number of aliphatic imine (C=N–C) groups is 1. The van der Waals surface area contributed by atoms with Crippen molar-refractivity contribution in [2.24, 2.45) is 4.99 Å². The molecule has 6 heteroatoms. The highest BCUT2D eigenvalue weighted by molar-refractivity contribution is 9.10. The Hall–Kier alpha value is -2.60. The maximum Gasteiger partial charge on any atom is 0.226 e. The maximum absolute atomic E-state index is 12.0. The van der Waals surface area contributed by atoms with Crippen molar-refractivity contribution in [3.8, 4) is 11.5 Å². The molecule has 0 saturated carbocycles. The van der Waals surface area contributed by atoms with Gasteiger partial charge in [-0.2, -0.15) is 0 Å². The van der Waals surface area contributed by atoms with Gasteiger partial charge in [-0.15, -0.1) is 0 Å². The van der Waals surface area contributed by atoms with Gasteiger partial charge in [-0.3, -0.25) is 9.79 Å². The zero-order chi connectivity index (χ0) is 18.8. The summed E-state index contributed by atoms with van der Waals surface area (Å²) in [5.74, 6) is 2.02. The molecule has 2 heterocycles. The van der Waals surface area contributed by atoms with Crippen LogP contribution in [0.1, 0.15) is 23.5 Å². The van der Waals surface area contributed by atoms with Crippen LogP contribution in [0, 0.1) is 0 Å². The number of nitrogens with one attached hydrogen (secondary N) is 1. The Kier molecular flexibility index (Phi) is 4.99. The largest absolute Gasteiger partial charge is 0.493 e. The number of fused-ring (bicyclic) bond motifs is 1. The number of amidine groups is 1. The van der Waals surface area contributed by atoms with Crippen LogP contribution in [0.15, 0.2) is 63.6 Å². The van der Waals surface area contributed by atoms with E-state index in [4.69, 9.17) is 9.47 Å². The molecule has 2 aromatic carbocycles. The number of benzene rings is 2. The Balaban J connectivity index is 1.56. The Labute approximate surface area is 166 Å². The molecule has 0 spiro atoms. The lowest BCUT2D eigenvalue weighted by Gasteiger charge is -2.26. The molecule has 2 aliphatic heterocycles. The first-order valence-corrected chi connectivity index (χ1v) is 9.53. The van der Waals surface area contributed by atoms with Crippen molar-refractivity contribution in [3.63, 3.8) is 0 Å². The fourth-order valence-electron chi connectivity index (χ4n) is 3.43. The van der Waals surface area contributed by atoms with Gasteiger partial charge in [0.1, 0.15) is 12.4 Å². The number of hydrogen-bond acceptors (Lipinski definition) is 4. The van der Waals surface area contributed by atoms with Gasteiger partial charge in [0.15, 0.2) is 11.5 Å². The highest BCUT2D eigenvalue weighted by Crippen LogP contribution is 2.38. The molecule has 0 bridgehead atoms. The zero-order valence-corrected chi connectivity index (χ0v) is 16.5. The molecular formula is C21H19BrN2O3. The van der Waals surface area contributed by atoms with Gasteiger partial charge >= 0.3 is 0 Å². The Morgan fingerprint density at radius 2 is 2.11 bits per heavy atom. The molecule has 2 aromatic rings. The molecule has 4 rings (SSSR count). The predicted octanol–water partition coefficient (Wildman–Crippen LogP) is 3.98. The number of amides is 1. The third kappa shape index (κ3) is 3.76. The first-order chi connectivity index (χ1) is 13.1. The van der Waals surface area contributed by atoms with Crippen molar-refractivity contribution in [1.82, 2.24) is 5.32 Å². The lowest BCUT2D eigenvalue weighted by atomic mass is 9.85. The van der Waals surface area contributed by atoms with E-state index in [0.29, 0.717) is 36.9 Å². The summed E-state index contributed by atoms with van der Waals surface area (Å²) in [4.78, 5) is 16.4. The lowest BCUT2D eigenvalue weighted by molar-refractivity contribution is -0.120. The third-order valence-electron chi connectivity index (χ3n) is 4.73. The van der Waals surface area contributed by atoms with E-state index in [1.807, 2.05) is 42.5 Å². The number of ether oxygens (including phenoxy) is 2. The quantitative estimate of drug-likeness (QED) is 0.786. The molecule has 0 aliphatic carbocycles. The minimum absolute atomic E-state index is 0.00645. The summed E-state index contributed by atoms with van der Waals surface area (Å²) in [5.41, 5.74) is 3.17. The van der Waals surface area contributed by atoms with E-state index in [1.165, 1.54) is 0 Å². The van der Waals surface area contributed by atoms with Crippen molar-refractivity contribution in [2.45, 2.75) is 18.9 Å². The molecule has 1 unspecified atom stereocenters. The second-order valence-electron chi connectivity index (χ2n) is 6.48. The molecule has 1 saturated heterocycles. The van der Waals surface area contributed by atoms with Crippen LogP contribution < -0.4 is 14.8 Å². The Morgan fingerprint density at radius 1 is 1.22 bits per heavy atom. The highest BCUT2D eigenvalue weighted by Gasteiger charge is 2.32. The van der Waals surface area contributed by atoms with Crippen LogP contribution in [0.4, 0.5) is 0 Å². The SMILES string of the molecule is COc1cc(C2CC(=O)NC3=NCC=C32)ccc1OCc1cccc(Br)c1. The number of piperidine rings is 1. The lowest BCUT2D eigenvalue weighted by Crippen LogP contribution is -2.38. The Bertz CT molecular complexity index is 952. The molecule has 1 N–H and O–H groups in total. The van der Waals surface area contributed by atoms with Gasteiger partial charge in [-0.1, -0.05) is 40.2 Å². The average Bonchev–Trinajstić information content (AvgIpc) is 3.14. The number of hydrogen-bond donors (Lipinski definition) is 1. The van der Waals surface area contributed by atoms with Gasteiger partial charge in [-0.25, -0.2) is 0 Å². The fourth-order valence-corrected chi connectivity index (χ4v) is 3.87. The molecule has 138 valence electrons. The van der Waals surface area contributed by atoms with E-state index in [9.17, 15) is 4.79 Å². The van der Waals surface area contributed by atoms with Gasteiger partial charge in [0.25, 0.3) is 0 Å². The van der Waals surface area contributed by atoms with Crippen LogP contribution in [-0.4, -0.2) is 25.4 Å². The maximum atomic E-state index is 12.0. The smallest absolute Gasteiger partial charge is 0.226 e. The number of carbonyl (C=O) groups is 1. The number of rotatable bonds is 5. The average molecular weight is 427 g/mol. The molecule has 2 aliphatic rings. The van der Waals surface area contributed by atoms with Crippen molar-refractivity contribution in [2.75, 3.05) is 13.7 Å². The van der Waals surface area contributed by atoms with E-state index in [0.717, 1.165) is 21.2 Å². The summed E-state index contributed by atoms with van der Waals surface area (Å²) in [6.45, 7) is 1.06. The molecule has 0 aromatic heterocycles. The van der Waals surface area contributed by atoms with Crippen LogP contribution >= 0.6 is 15.9 Å². The minimum atomic E-state index is -0.00764. The summed E-state index contributed by atoms with van der Waals surface area (Å²) in [6.07, 6.45) is 2.48. The normalized spacial score (nSPS) is 18.3. The predicted molar refractivity (Wildman–Crippen MR) is 107 cm³/mol. The first-order valence-electron chi connectivity index (χ1n) is 8.74. The standard InChI is InChI=1S/C21H19BrN2O3/c1-26-19-10-14(17-11-20(25)24-21-16(17)7-8-23-21)5-6-18(19)27-12-13-3-2-4-15(22)9-13/h2-7,9-10,17H,8,11-12H2,1H3,(H,23,24,25). The van der Waals surface area contributed by atoms with E-state index in [1.54, 1.807) is 7.11 Å². The molecular weight excluding hydrogens is 408 g/mol. The van der Waals surface area contributed by atoms with E-state index >= 15 is 0 Å². The van der Waals surface area contributed by atoms with Crippen LogP contribution in [0.25, 0.3) is 0 Å². The van der Waals surface area contributed by atoms with Gasteiger partial charge in [-0.05, 0) is 35.4 Å². The van der Waals surface area contributed by atoms with Crippen LogP contribution in [-0.2, 0) is 11.4 Å². The van der Waals surface area contributed by atoms with Gasteiger partial charge in [0.05, 0.1) is 13.7 Å². The topological polar surface area (TPSA) is 59.9 Å². The summed E-state index contributed by atoms with van der Waals surface area (Å²) in [6, 6.07) is 13.9. The number of halogens is 1. The number of carbonyl (C=O) groups excluding carboxylic acids is 1. The van der Waals surface area contributed by atoms with E-state index < -0.39 is 0 Å². The monoisotopic (exact) mass is 426 g/mol. The van der Waals surface area contributed by atoms with Gasteiger partial charge < -0.3 is 14.8 Å². The molecule has 5 nitrogen and oxygen atoms in total. The second-order valence-corrected chi connectivity index (χ2v) is 7.40. The molecule has 1 amide bonds. The summed E-state index contributed by atoms with van der Waals surface area (Å²) in [5, 5.41) is 2.84. The van der Waals surface area contributed by atoms with Crippen LogP contribution in [0.3, 0.4) is 0 Å². The van der Waals surface area contributed by atoms with Crippen molar-refractivity contribution in [3.05, 3.63) is 69.7 Å². The number of methoxy groups -OCH3 is 1. The Morgan fingerprint density at radius 3 is 2.93 bits per heavy atom. The minimum Gasteiger partial charge on any atom is -0.493 e. The molecule has 1 atom stereocenters. The van der Waals surface area contributed by atoms with Crippen LogP contribution in [0.2, 0.25) is 0 Å². The van der Waals surface area contributed by atoms with E-state index in [-0.39, 0.29) is 11.8 Å². The van der Waals surface area contributed by atoms with Gasteiger partial charge in [0.2, 0.25) is 5.91 Å². The summed E-state index contributed by atoms with van der Waals surface area (Å²) in [7, 11) is 1.63. The van der Waals surface area contributed by atoms with Crippen LogP contribution in [0.5, 0.6) is 11.5 Å². The van der Waals surface area contributed by atoms with Crippen molar-refractivity contribution < 1.29 is 14.3 Å². The third-order valence-corrected chi connectivity index (χ3v) is 5.22. The summed E-state index contributed by atoms with van der Waals surface area (Å²) < 4.78 is 12.5. The highest BCUT2D eigenvalue weighted by atomic mass is 79.9. The molecule has 27 heavy (non-hydrogen) atoms. The zero-order valence-electron chi connectivity index (χ0n) is 14.9. The van der Waals surface area contributed by atoms with Crippen molar-refractivity contribution >= 4 is 27.7 Å². The van der Waals surface area contributed by atoms with Gasteiger partial charge in [0, 0.05) is 22.4 Å². The molecule has 1 fully saturated rings. The second kappa shape index (κ2) is 7.56. The van der Waals surface area contributed by atoms with E-state index in [2.05, 4.69) is 32.3 Å². The number of nitrogens with zero attached hydrogens (tertiary/aromatic N) is 1. The summed E-state index contributed by atoms with van der Waals surface area (Å²) >= 11 is 3.47. The molecule has 0 radical (unpaired) electrons. The first kappa shape index (κ1) is 17.8. The fraction of sp³-hybridized carbons (Fsp3) is 0.238.